The summed E-state index contributed by atoms with van der Waals surface area (Å²) >= 11 is 5.94. The maximum Gasteiger partial charge on any atom is 0.246 e. The monoisotopic (exact) mass is 314 g/mol. The van der Waals surface area contributed by atoms with Crippen LogP contribution >= 0.6 is 11.6 Å². The molecule has 1 aromatic carbocycles. The Labute approximate surface area is 132 Å². The number of pyridine rings is 1. The standard InChI is InChI=1S/C16H15ClN4O/c1-2-12-11-6-3-4-8-14(11)21(20-12)10-15(22)19-13-7-5-9-18-16(13)17/h3-9H,2,10H2,1H3,(H,19,22). The van der Waals surface area contributed by atoms with Crippen molar-refractivity contribution in [3.8, 4) is 0 Å². The minimum atomic E-state index is -0.189. The summed E-state index contributed by atoms with van der Waals surface area (Å²) in [4.78, 5) is 16.2. The molecule has 112 valence electrons. The van der Waals surface area contributed by atoms with E-state index in [2.05, 4.69) is 22.3 Å². The van der Waals surface area contributed by atoms with Crippen LogP contribution in [0.1, 0.15) is 12.6 Å². The molecule has 5 nitrogen and oxygen atoms in total. The van der Waals surface area contributed by atoms with Gasteiger partial charge in [0, 0.05) is 11.6 Å². The van der Waals surface area contributed by atoms with Crippen LogP contribution in [0.15, 0.2) is 42.6 Å². The summed E-state index contributed by atoms with van der Waals surface area (Å²) in [6.07, 6.45) is 2.40. The Hall–Kier alpha value is -2.40. The normalized spacial score (nSPS) is 10.8. The zero-order valence-electron chi connectivity index (χ0n) is 12.1. The average Bonchev–Trinajstić information content (AvgIpc) is 2.88. The summed E-state index contributed by atoms with van der Waals surface area (Å²) in [6, 6.07) is 11.3. The molecule has 1 amide bonds. The number of nitrogens with zero attached hydrogens (tertiary/aromatic N) is 3. The van der Waals surface area contributed by atoms with Gasteiger partial charge in [-0.3, -0.25) is 9.48 Å². The number of benzene rings is 1. The molecule has 2 aromatic heterocycles. The smallest absolute Gasteiger partial charge is 0.246 e. The van der Waals surface area contributed by atoms with Gasteiger partial charge in [-0.15, -0.1) is 0 Å². The number of aryl methyl sites for hydroxylation is 1. The molecule has 0 saturated carbocycles. The third-order valence-corrected chi connectivity index (χ3v) is 3.70. The second-order valence-electron chi connectivity index (χ2n) is 4.86. The van der Waals surface area contributed by atoms with Crippen molar-refractivity contribution in [1.82, 2.24) is 14.8 Å². The predicted molar refractivity (Wildman–Crippen MR) is 87.0 cm³/mol. The van der Waals surface area contributed by atoms with Crippen molar-refractivity contribution in [2.75, 3.05) is 5.32 Å². The molecule has 0 radical (unpaired) electrons. The SMILES string of the molecule is CCc1nn(CC(=O)Nc2cccnc2Cl)c2ccccc12. The van der Waals surface area contributed by atoms with E-state index in [4.69, 9.17) is 11.6 Å². The van der Waals surface area contributed by atoms with E-state index in [0.717, 1.165) is 23.0 Å². The van der Waals surface area contributed by atoms with Crippen LogP contribution < -0.4 is 5.32 Å². The number of hydrogen-bond donors (Lipinski definition) is 1. The van der Waals surface area contributed by atoms with Gasteiger partial charge in [0.05, 0.1) is 16.9 Å². The maximum absolute atomic E-state index is 12.2. The lowest BCUT2D eigenvalue weighted by Gasteiger charge is -2.07. The minimum Gasteiger partial charge on any atom is -0.322 e. The zero-order chi connectivity index (χ0) is 15.5. The molecule has 0 unspecified atom stereocenters. The summed E-state index contributed by atoms with van der Waals surface area (Å²) < 4.78 is 1.72. The van der Waals surface area contributed by atoms with E-state index in [1.807, 2.05) is 24.3 Å². The van der Waals surface area contributed by atoms with Gasteiger partial charge in [0.1, 0.15) is 6.54 Å². The Morgan fingerprint density at radius 3 is 2.86 bits per heavy atom. The first-order valence-electron chi connectivity index (χ1n) is 7.04. The predicted octanol–water partition coefficient (Wildman–Crippen LogP) is 3.29. The highest BCUT2D eigenvalue weighted by Crippen LogP contribution is 2.20. The van der Waals surface area contributed by atoms with E-state index in [0.29, 0.717) is 5.69 Å². The molecule has 2 heterocycles. The number of rotatable bonds is 4. The van der Waals surface area contributed by atoms with Gasteiger partial charge < -0.3 is 5.32 Å². The van der Waals surface area contributed by atoms with E-state index in [1.54, 1.807) is 23.0 Å². The van der Waals surface area contributed by atoms with Crippen LogP contribution in [-0.4, -0.2) is 20.7 Å². The van der Waals surface area contributed by atoms with Crippen LogP contribution in [0.5, 0.6) is 0 Å². The number of amides is 1. The van der Waals surface area contributed by atoms with E-state index >= 15 is 0 Å². The van der Waals surface area contributed by atoms with Gasteiger partial charge in [-0.25, -0.2) is 4.98 Å². The molecule has 0 bridgehead atoms. The Kier molecular flexibility index (Phi) is 4.06. The maximum atomic E-state index is 12.2. The Balaban J connectivity index is 1.84. The highest BCUT2D eigenvalue weighted by Gasteiger charge is 2.12. The molecule has 1 N–H and O–H groups in total. The van der Waals surface area contributed by atoms with Gasteiger partial charge in [-0.2, -0.15) is 5.10 Å². The second-order valence-corrected chi connectivity index (χ2v) is 5.22. The molecule has 0 saturated heterocycles. The van der Waals surface area contributed by atoms with Gasteiger partial charge in [-0.05, 0) is 24.6 Å². The third kappa shape index (κ3) is 2.80. The van der Waals surface area contributed by atoms with Gasteiger partial charge in [0.15, 0.2) is 5.15 Å². The van der Waals surface area contributed by atoms with Crippen molar-refractivity contribution in [3.05, 3.63) is 53.4 Å². The summed E-state index contributed by atoms with van der Waals surface area (Å²) in [5, 5.41) is 8.63. The van der Waals surface area contributed by atoms with Crippen LogP contribution in [0.4, 0.5) is 5.69 Å². The van der Waals surface area contributed by atoms with Crippen LogP contribution in [0.3, 0.4) is 0 Å². The highest BCUT2D eigenvalue weighted by molar-refractivity contribution is 6.32. The van der Waals surface area contributed by atoms with Crippen molar-refractivity contribution in [3.63, 3.8) is 0 Å². The van der Waals surface area contributed by atoms with Crippen LogP contribution in [0, 0.1) is 0 Å². The van der Waals surface area contributed by atoms with Crippen molar-refractivity contribution in [1.29, 1.82) is 0 Å². The molecular weight excluding hydrogens is 300 g/mol. The lowest BCUT2D eigenvalue weighted by atomic mass is 10.2. The first kappa shape index (κ1) is 14.5. The quantitative estimate of drug-likeness (QED) is 0.752. The number of fused-ring (bicyclic) bond motifs is 1. The van der Waals surface area contributed by atoms with Crippen molar-refractivity contribution in [2.24, 2.45) is 0 Å². The second kappa shape index (κ2) is 6.15. The van der Waals surface area contributed by atoms with Gasteiger partial charge in [-0.1, -0.05) is 36.7 Å². The van der Waals surface area contributed by atoms with Crippen molar-refractivity contribution < 1.29 is 4.79 Å². The fraction of sp³-hybridized carbons (Fsp3) is 0.188. The van der Waals surface area contributed by atoms with Crippen molar-refractivity contribution >= 4 is 34.1 Å². The van der Waals surface area contributed by atoms with Crippen LogP contribution in [0.25, 0.3) is 10.9 Å². The molecule has 3 rings (SSSR count). The van der Waals surface area contributed by atoms with E-state index in [1.165, 1.54) is 0 Å². The molecule has 0 fully saturated rings. The molecule has 0 aliphatic carbocycles. The van der Waals surface area contributed by atoms with E-state index < -0.39 is 0 Å². The van der Waals surface area contributed by atoms with Gasteiger partial charge in [0.2, 0.25) is 5.91 Å². The van der Waals surface area contributed by atoms with Crippen LogP contribution in [0.2, 0.25) is 5.15 Å². The topological polar surface area (TPSA) is 59.8 Å². The first-order chi connectivity index (χ1) is 10.7. The largest absolute Gasteiger partial charge is 0.322 e. The fourth-order valence-corrected chi connectivity index (χ4v) is 2.55. The number of carbonyl (C=O) groups is 1. The number of anilines is 1. The molecule has 3 aromatic rings. The summed E-state index contributed by atoms with van der Waals surface area (Å²) in [5.41, 5.74) is 2.44. The lowest BCUT2D eigenvalue weighted by Crippen LogP contribution is -2.19. The third-order valence-electron chi connectivity index (χ3n) is 3.40. The number of hydrogen-bond acceptors (Lipinski definition) is 3. The van der Waals surface area contributed by atoms with Gasteiger partial charge in [0.25, 0.3) is 0 Å². The number of carbonyl (C=O) groups excluding carboxylic acids is 1. The summed E-state index contributed by atoms with van der Waals surface area (Å²) in [5.74, 6) is -0.189. The summed E-state index contributed by atoms with van der Waals surface area (Å²) in [6.45, 7) is 2.18. The fourth-order valence-electron chi connectivity index (χ4n) is 2.38. The Morgan fingerprint density at radius 1 is 1.27 bits per heavy atom. The Morgan fingerprint density at radius 2 is 2.09 bits per heavy atom. The number of halogens is 1. The molecule has 0 aliphatic rings. The molecule has 0 spiro atoms. The van der Waals surface area contributed by atoms with Crippen LogP contribution in [-0.2, 0) is 17.8 Å². The highest BCUT2D eigenvalue weighted by atomic mass is 35.5. The van der Waals surface area contributed by atoms with Gasteiger partial charge >= 0.3 is 0 Å². The summed E-state index contributed by atoms with van der Waals surface area (Å²) in [7, 11) is 0. The average molecular weight is 315 g/mol. The molecule has 0 atom stereocenters. The zero-order valence-corrected chi connectivity index (χ0v) is 12.8. The number of para-hydroxylation sites is 1. The first-order valence-corrected chi connectivity index (χ1v) is 7.41. The van der Waals surface area contributed by atoms with E-state index in [-0.39, 0.29) is 17.6 Å². The molecule has 22 heavy (non-hydrogen) atoms. The van der Waals surface area contributed by atoms with E-state index in [9.17, 15) is 4.79 Å². The lowest BCUT2D eigenvalue weighted by molar-refractivity contribution is -0.116. The molecule has 6 heteroatoms. The molecule has 0 aliphatic heterocycles. The number of aromatic nitrogens is 3. The van der Waals surface area contributed by atoms with Crippen molar-refractivity contribution in [2.45, 2.75) is 19.9 Å². The minimum absolute atomic E-state index is 0.131. The molecular formula is C16H15ClN4O. The number of nitrogens with one attached hydrogen (secondary N) is 1. The Bertz CT molecular complexity index is 828.